The molecule has 0 aliphatic carbocycles. The van der Waals surface area contributed by atoms with E-state index in [-0.39, 0.29) is 11.1 Å². The maximum Gasteiger partial charge on any atom is 0.252 e. The topological polar surface area (TPSA) is 71.9 Å². The number of aromatic nitrogens is 1. The molecule has 3 N–H and O–H groups in total. The summed E-state index contributed by atoms with van der Waals surface area (Å²) in [4.78, 5) is 11.2. The highest BCUT2D eigenvalue weighted by Gasteiger charge is 2.08. The first-order valence-corrected chi connectivity index (χ1v) is 5.29. The molecule has 0 bridgehead atoms. The summed E-state index contributed by atoms with van der Waals surface area (Å²) in [7, 11) is 0. The van der Waals surface area contributed by atoms with Crippen LogP contribution in [-0.2, 0) is 0 Å². The van der Waals surface area contributed by atoms with Gasteiger partial charge in [0.2, 0.25) is 0 Å². The van der Waals surface area contributed by atoms with E-state index in [1.165, 1.54) is 10.6 Å². The number of carbonyl (C=O) groups excluding carboxylic acids is 1. The second-order valence-electron chi connectivity index (χ2n) is 3.49. The summed E-state index contributed by atoms with van der Waals surface area (Å²) in [5.74, 6) is -0.665. The van der Waals surface area contributed by atoms with Gasteiger partial charge in [-0.3, -0.25) is 10.2 Å². The monoisotopic (exact) mass is 247 g/mol. The van der Waals surface area contributed by atoms with Crippen LogP contribution < -0.4 is 11.2 Å². The maximum atomic E-state index is 11.2. The van der Waals surface area contributed by atoms with Gasteiger partial charge in [0.05, 0.1) is 10.6 Å². The normalized spacial score (nSPS) is 10.2. The van der Waals surface area contributed by atoms with E-state index in [9.17, 15) is 4.79 Å². The minimum Gasteiger partial charge on any atom is -0.365 e. The van der Waals surface area contributed by atoms with Gasteiger partial charge in [0.25, 0.3) is 5.91 Å². The summed E-state index contributed by atoms with van der Waals surface area (Å²) >= 11 is 5.90. The number of halogens is 1. The Labute approximate surface area is 103 Å². The molecule has 0 aliphatic rings. The van der Waals surface area contributed by atoms with Crippen LogP contribution in [0, 0.1) is 5.41 Å². The Balaban J connectivity index is 2.72. The summed E-state index contributed by atoms with van der Waals surface area (Å²) in [5.41, 5.74) is 6.07. The van der Waals surface area contributed by atoms with Crippen LogP contribution in [0.2, 0.25) is 5.02 Å². The third-order valence-electron chi connectivity index (χ3n) is 2.33. The van der Waals surface area contributed by atoms with Gasteiger partial charge in [0.15, 0.2) is 0 Å². The number of hydrogen-bond donors (Lipinski definition) is 2. The molecule has 0 atom stereocenters. The predicted octanol–water partition coefficient (Wildman–Crippen LogP) is 1.71. The number of pyridine rings is 1. The first-order valence-electron chi connectivity index (χ1n) is 4.91. The molecule has 4 nitrogen and oxygen atoms in total. The van der Waals surface area contributed by atoms with E-state index in [2.05, 4.69) is 0 Å². The van der Waals surface area contributed by atoms with Crippen molar-refractivity contribution in [2.45, 2.75) is 0 Å². The molecule has 1 aromatic carbocycles. The number of para-hydroxylation sites is 1. The van der Waals surface area contributed by atoms with E-state index >= 15 is 0 Å². The number of nitrogens with two attached hydrogens (primary N) is 1. The Morgan fingerprint density at radius 3 is 2.53 bits per heavy atom. The van der Waals surface area contributed by atoms with Gasteiger partial charge in [-0.2, -0.15) is 0 Å². The van der Waals surface area contributed by atoms with Crippen molar-refractivity contribution in [3.05, 3.63) is 58.7 Å². The fraction of sp³-hybridized carbons (Fsp3) is 0. The number of nitrogens with one attached hydrogen (secondary N) is 1. The lowest BCUT2D eigenvalue weighted by molar-refractivity contribution is 0.0998. The standard InChI is InChI=1S/C12H10ClN3O/c13-8-6-10(12(15)17)11(14)16(7-8)9-4-2-1-3-5-9/h1-7,14H,(H2,15,17). The van der Waals surface area contributed by atoms with Crippen LogP contribution in [0.3, 0.4) is 0 Å². The molecule has 0 saturated heterocycles. The van der Waals surface area contributed by atoms with Crippen LogP contribution in [0.1, 0.15) is 10.4 Å². The fourth-order valence-corrected chi connectivity index (χ4v) is 1.75. The second-order valence-corrected chi connectivity index (χ2v) is 3.93. The largest absolute Gasteiger partial charge is 0.365 e. The van der Waals surface area contributed by atoms with Crippen molar-refractivity contribution < 1.29 is 4.79 Å². The minimum absolute atomic E-state index is 0.0214. The molecule has 0 fully saturated rings. The number of benzene rings is 1. The predicted molar refractivity (Wildman–Crippen MR) is 65.2 cm³/mol. The van der Waals surface area contributed by atoms with E-state index in [4.69, 9.17) is 22.7 Å². The molecule has 0 spiro atoms. The summed E-state index contributed by atoms with van der Waals surface area (Å²) < 4.78 is 1.52. The van der Waals surface area contributed by atoms with E-state index in [0.29, 0.717) is 5.02 Å². The van der Waals surface area contributed by atoms with E-state index < -0.39 is 5.91 Å². The number of carbonyl (C=O) groups is 1. The maximum absolute atomic E-state index is 11.2. The molecule has 1 amide bonds. The highest BCUT2D eigenvalue weighted by Crippen LogP contribution is 2.11. The lowest BCUT2D eigenvalue weighted by Gasteiger charge is -2.09. The van der Waals surface area contributed by atoms with Crippen molar-refractivity contribution in [2.24, 2.45) is 5.73 Å². The van der Waals surface area contributed by atoms with Crippen molar-refractivity contribution >= 4 is 17.5 Å². The molecular formula is C12H10ClN3O. The summed E-state index contributed by atoms with van der Waals surface area (Å²) in [6, 6.07) is 10.6. The average Bonchev–Trinajstić information content (AvgIpc) is 2.32. The van der Waals surface area contributed by atoms with Gasteiger partial charge in [-0.05, 0) is 18.2 Å². The number of rotatable bonds is 2. The number of primary amides is 1. The minimum atomic E-state index is -0.665. The lowest BCUT2D eigenvalue weighted by Crippen LogP contribution is -2.28. The highest BCUT2D eigenvalue weighted by atomic mass is 35.5. The van der Waals surface area contributed by atoms with Crippen LogP contribution in [0.5, 0.6) is 0 Å². The lowest BCUT2D eigenvalue weighted by atomic mass is 10.2. The zero-order valence-corrected chi connectivity index (χ0v) is 9.61. The molecule has 2 aromatic rings. The van der Waals surface area contributed by atoms with Gasteiger partial charge in [-0.25, -0.2) is 0 Å². The zero-order valence-electron chi connectivity index (χ0n) is 8.85. The van der Waals surface area contributed by atoms with Gasteiger partial charge in [0, 0.05) is 11.9 Å². The van der Waals surface area contributed by atoms with Gasteiger partial charge in [-0.15, -0.1) is 0 Å². The van der Waals surface area contributed by atoms with E-state index in [0.717, 1.165) is 5.69 Å². The van der Waals surface area contributed by atoms with Crippen LogP contribution in [0.4, 0.5) is 0 Å². The Morgan fingerprint density at radius 2 is 1.94 bits per heavy atom. The fourth-order valence-electron chi connectivity index (χ4n) is 1.54. The van der Waals surface area contributed by atoms with Crippen LogP contribution in [-0.4, -0.2) is 10.5 Å². The molecule has 1 aromatic heterocycles. The Hall–Kier alpha value is -2.07. The molecule has 2 rings (SSSR count). The Morgan fingerprint density at radius 1 is 1.29 bits per heavy atom. The first kappa shape index (κ1) is 11.4. The highest BCUT2D eigenvalue weighted by molar-refractivity contribution is 6.30. The van der Waals surface area contributed by atoms with Crippen LogP contribution >= 0.6 is 11.6 Å². The summed E-state index contributed by atoms with van der Waals surface area (Å²) in [6.07, 6.45) is 1.58. The zero-order chi connectivity index (χ0) is 12.4. The molecule has 0 unspecified atom stereocenters. The van der Waals surface area contributed by atoms with Crippen molar-refractivity contribution in [1.29, 1.82) is 5.41 Å². The smallest absolute Gasteiger partial charge is 0.252 e. The van der Waals surface area contributed by atoms with Crippen molar-refractivity contribution in [2.75, 3.05) is 0 Å². The summed E-state index contributed by atoms with van der Waals surface area (Å²) in [6.45, 7) is 0. The van der Waals surface area contributed by atoms with Crippen LogP contribution in [0.15, 0.2) is 42.6 Å². The molecule has 86 valence electrons. The van der Waals surface area contributed by atoms with Gasteiger partial charge in [-0.1, -0.05) is 29.8 Å². The van der Waals surface area contributed by atoms with Gasteiger partial charge in [0.1, 0.15) is 5.49 Å². The van der Waals surface area contributed by atoms with Crippen molar-refractivity contribution in [1.82, 2.24) is 4.57 Å². The number of hydrogen-bond acceptors (Lipinski definition) is 2. The quantitative estimate of drug-likeness (QED) is 0.833. The molecule has 5 heteroatoms. The third-order valence-corrected chi connectivity index (χ3v) is 2.54. The number of amides is 1. The Kier molecular flexibility index (Phi) is 2.97. The van der Waals surface area contributed by atoms with Crippen LogP contribution in [0.25, 0.3) is 5.69 Å². The van der Waals surface area contributed by atoms with E-state index in [1.54, 1.807) is 6.20 Å². The molecule has 0 saturated carbocycles. The molecule has 0 aliphatic heterocycles. The SMILES string of the molecule is N=c1c(C(N)=O)cc(Cl)cn1-c1ccccc1. The first-order chi connectivity index (χ1) is 8.09. The summed E-state index contributed by atoms with van der Waals surface area (Å²) in [5, 5.41) is 8.27. The molecule has 1 heterocycles. The molecular weight excluding hydrogens is 238 g/mol. The molecule has 17 heavy (non-hydrogen) atoms. The molecule has 0 radical (unpaired) electrons. The van der Waals surface area contributed by atoms with Gasteiger partial charge >= 0.3 is 0 Å². The third kappa shape index (κ3) is 2.21. The van der Waals surface area contributed by atoms with Gasteiger partial charge < -0.3 is 10.3 Å². The number of nitrogens with zero attached hydrogens (tertiary/aromatic N) is 1. The second kappa shape index (κ2) is 4.43. The van der Waals surface area contributed by atoms with E-state index in [1.807, 2.05) is 30.3 Å². The van der Waals surface area contributed by atoms with Crippen molar-refractivity contribution in [3.63, 3.8) is 0 Å². The average molecular weight is 248 g/mol. The van der Waals surface area contributed by atoms with Crippen molar-refractivity contribution in [3.8, 4) is 5.69 Å². The Bertz CT molecular complexity index is 619.